The van der Waals surface area contributed by atoms with Crippen molar-refractivity contribution >= 4 is 21.9 Å². The fourth-order valence-corrected chi connectivity index (χ4v) is 3.17. The van der Waals surface area contributed by atoms with Gasteiger partial charge in [0, 0.05) is 15.7 Å². The second-order valence-corrected chi connectivity index (χ2v) is 6.23. The molecule has 1 aliphatic rings. The number of halogens is 1. The van der Waals surface area contributed by atoms with Crippen LogP contribution in [0.2, 0.25) is 0 Å². The number of carbonyl (C=O) groups is 1. The Bertz CT molecular complexity index is 679. The molecular weight excluding hydrogens is 320 g/mol. The Kier molecular flexibility index (Phi) is 3.38. The van der Waals surface area contributed by atoms with Gasteiger partial charge in [-0.25, -0.2) is 9.48 Å². The molecule has 1 unspecified atom stereocenters. The lowest BCUT2D eigenvalue weighted by molar-refractivity contribution is 0.0688. The van der Waals surface area contributed by atoms with E-state index in [2.05, 4.69) is 28.0 Å². The first-order chi connectivity index (χ1) is 9.56. The molecule has 1 aromatic carbocycles. The van der Waals surface area contributed by atoms with Crippen LogP contribution in [0.15, 0.2) is 28.7 Å². The van der Waals surface area contributed by atoms with Crippen molar-refractivity contribution in [1.82, 2.24) is 9.78 Å². The number of aromatic nitrogens is 2. The smallest absolute Gasteiger partial charge is 0.356 e. The molecular formula is C15H15BrN2O2. The molecule has 0 aliphatic heterocycles. The molecule has 1 aliphatic carbocycles. The molecule has 104 valence electrons. The van der Waals surface area contributed by atoms with Gasteiger partial charge in [0.25, 0.3) is 0 Å². The Labute approximate surface area is 125 Å². The molecule has 2 aromatic rings. The van der Waals surface area contributed by atoms with E-state index >= 15 is 0 Å². The van der Waals surface area contributed by atoms with Gasteiger partial charge in [-0.15, -0.1) is 0 Å². The fourth-order valence-electron chi connectivity index (χ4n) is 2.78. The van der Waals surface area contributed by atoms with E-state index in [-0.39, 0.29) is 5.69 Å². The van der Waals surface area contributed by atoms with Crippen LogP contribution in [-0.4, -0.2) is 20.9 Å². The van der Waals surface area contributed by atoms with Crippen molar-refractivity contribution in [2.75, 3.05) is 0 Å². The van der Waals surface area contributed by atoms with Crippen LogP contribution in [-0.2, 0) is 12.8 Å². The minimum absolute atomic E-state index is 0.200. The Hall–Kier alpha value is -1.62. The number of fused-ring (bicyclic) bond motifs is 1. The first kappa shape index (κ1) is 13.4. The van der Waals surface area contributed by atoms with Gasteiger partial charge < -0.3 is 5.11 Å². The van der Waals surface area contributed by atoms with Crippen molar-refractivity contribution in [3.63, 3.8) is 0 Å². The number of hydrogen-bond acceptors (Lipinski definition) is 2. The summed E-state index contributed by atoms with van der Waals surface area (Å²) in [5.74, 6) is -0.426. The zero-order valence-corrected chi connectivity index (χ0v) is 12.7. The summed E-state index contributed by atoms with van der Waals surface area (Å²) in [7, 11) is 0. The predicted octanol–water partition coefficient (Wildman–Crippen LogP) is 3.46. The zero-order chi connectivity index (χ0) is 14.3. The van der Waals surface area contributed by atoms with Crippen LogP contribution >= 0.6 is 15.9 Å². The summed E-state index contributed by atoms with van der Waals surface area (Å²) in [6.45, 7) is 2.16. The van der Waals surface area contributed by atoms with Crippen LogP contribution < -0.4 is 0 Å². The molecule has 1 aromatic heterocycles. The third-order valence-electron chi connectivity index (χ3n) is 3.77. The molecule has 1 N–H and O–H groups in total. The maximum Gasteiger partial charge on any atom is 0.356 e. The predicted molar refractivity (Wildman–Crippen MR) is 79.4 cm³/mol. The van der Waals surface area contributed by atoms with Gasteiger partial charge in [0.15, 0.2) is 5.69 Å². The largest absolute Gasteiger partial charge is 0.476 e. The number of carboxylic acid groups (broad SMARTS) is 1. The van der Waals surface area contributed by atoms with Gasteiger partial charge in [0.1, 0.15) is 0 Å². The molecule has 0 radical (unpaired) electrons. The third-order valence-corrected chi connectivity index (χ3v) is 4.26. The first-order valence-electron chi connectivity index (χ1n) is 6.66. The highest BCUT2D eigenvalue weighted by molar-refractivity contribution is 9.10. The van der Waals surface area contributed by atoms with Gasteiger partial charge in [0.05, 0.1) is 5.69 Å². The van der Waals surface area contributed by atoms with Crippen LogP contribution in [0.4, 0.5) is 0 Å². The number of nitrogens with zero attached hydrogens (tertiary/aromatic N) is 2. The molecule has 0 bridgehead atoms. The van der Waals surface area contributed by atoms with E-state index in [1.54, 1.807) is 4.68 Å². The maximum atomic E-state index is 11.4. The molecule has 20 heavy (non-hydrogen) atoms. The third kappa shape index (κ3) is 2.26. The van der Waals surface area contributed by atoms with Crippen molar-refractivity contribution in [1.29, 1.82) is 0 Å². The summed E-state index contributed by atoms with van der Waals surface area (Å²) in [6, 6.07) is 7.78. The summed E-state index contributed by atoms with van der Waals surface area (Å²) in [6.07, 6.45) is 2.75. The lowest BCUT2D eigenvalue weighted by atomic mass is 9.87. The second-order valence-electron chi connectivity index (χ2n) is 5.32. The Balaban J connectivity index is 2.17. The monoisotopic (exact) mass is 334 g/mol. The molecule has 5 heteroatoms. The van der Waals surface area contributed by atoms with Crippen LogP contribution in [0.3, 0.4) is 0 Å². The summed E-state index contributed by atoms with van der Waals surface area (Å²) < 4.78 is 2.75. The minimum Gasteiger partial charge on any atom is -0.476 e. The summed E-state index contributed by atoms with van der Waals surface area (Å²) in [5, 5.41) is 13.7. The molecule has 0 amide bonds. The number of benzene rings is 1. The van der Waals surface area contributed by atoms with Crippen molar-refractivity contribution in [2.24, 2.45) is 5.92 Å². The molecule has 0 saturated carbocycles. The maximum absolute atomic E-state index is 11.4. The molecule has 1 heterocycles. The Morgan fingerprint density at radius 1 is 1.50 bits per heavy atom. The van der Waals surface area contributed by atoms with Gasteiger partial charge in [-0.05, 0) is 43.4 Å². The van der Waals surface area contributed by atoms with E-state index < -0.39 is 5.97 Å². The van der Waals surface area contributed by atoms with E-state index in [9.17, 15) is 9.90 Å². The van der Waals surface area contributed by atoms with Crippen molar-refractivity contribution < 1.29 is 9.90 Å². The van der Waals surface area contributed by atoms with Gasteiger partial charge in [-0.2, -0.15) is 5.10 Å². The highest BCUT2D eigenvalue weighted by atomic mass is 79.9. The summed E-state index contributed by atoms with van der Waals surface area (Å²) in [5.41, 5.74) is 3.04. The SMILES string of the molecule is CC1CCc2c(c(C(=O)O)nn2-c2cccc(Br)c2)C1. The van der Waals surface area contributed by atoms with E-state index in [1.165, 1.54) is 0 Å². The standard InChI is InChI=1S/C15H15BrN2O2/c1-9-5-6-13-12(7-9)14(15(19)20)17-18(13)11-4-2-3-10(16)8-11/h2-4,8-9H,5-7H2,1H3,(H,19,20). The number of aromatic carboxylic acids is 1. The average molecular weight is 335 g/mol. The zero-order valence-electron chi connectivity index (χ0n) is 11.1. The Morgan fingerprint density at radius 3 is 3.00 bits per heavy atom. The number of rotatable bonds is 2. The van der Waals surface area contributed by atoms with Crippen molar-refractivity contribution in [3.05, 3.63) is 45.7 Å². The summed E-state index contributed by atoms with van der Waals surface area (Å²) >= 11 is 3.44. The van der Waals surface area contributed by atoms with E-state index in [1.807, 2.05) is 24.3 Å². The summed E-state index contributed by atoms with van der Waals surface area (Å²) in [4.78, 5) is 11.4. The Morgan fingerprint density at radius 2 is 2.30 bits per heavy atom. The average Bonchev–Trinajstić information content (AvgIpc) is 2.77. The molecule has 0 spiro atoms. The van der Waals surface area contributed by atoms with E-state index in [0.717, 1.165) is 40.7 Å². The van der Waals surface area contributed by atoms with Gasteiger partial charge in [-0.3, -0.25) is 0 Å². The van der Waals surface area contributed by atoms with E-state index in [0.29, 0.717) is 5.92 Å². The van der Waals surface area contributed by atoms with Gasteiger partial charge in [-0.1, -0.05) is 28.9 Å². The van der Waals surface area contributed by atoms with Crippen molar-refractivity contribution in [3.8, 4) is 5.69 Å². The van der Waals surface area contributed by atoms with Gasteiger partial charge in [0.2, 0.25) is 0 Å². The highest BCUT2D eigenvalue weighted by Gasteiger charge is 2.27. The normalized spacial score (nSPS) is 17.8. The molecule has 3 rings (SSSR count). The molecule has 4 nitrogen and oxygen atoms in total. The van der Waals surface area contributed by atoms with E-state index in [4.69, 9.17) is 0 Å². The lowest BCUT2D eigenvalue weighted by Crippen LogP contribution is -2.14. The minimum atomic E-state index is -0.941. The first-order valence-corrected chi connectivity index (χ1v) is 7.45. The number of hydrogen-bond donors (Lipinski definition) is 1. The van der Waals surface area contributed by atoms with Crippen LogP contribution in [0.5, 0.6) is 0 Å². The lowest BCUT2D eigenvalue weighted by Gasteiger charge is -2.19. The van der Waals surface area contributed by atoms with Crippen LogP contribution in [0.25, 0.3) is 5.69 Å². The van der Waals surface area contributed by atoms with Gasteiger partial charge >= 0.3 is 5.97 Å². The highest BCUT2D eigenvalue weighted by Crippen LogP contribution is 2.30. The van der Waals surface area contributed by atoms with Crippen molar-refractivity contribution in [2.45, 2.75) is 26.2 Å². The van der Waals surface area contributed by atoms with Crippen LogP contribution in [0.1, 0.15) is 35.1 Å². The molecule has 1 atom stereocenters. The fraction of sp³-hybridized carbons (Fsp3) is 0.333. The number of carboxylic acids is 1. The molecule has 0 fully saturated rings. The molecule has 0 saturated heterocycles. The quantitative estimate of drug-likeness (QED) is 0.914. The topological polar surface area (TPSA) is 55.1 Å². The van der Waals surface area contributed by atoms with Crippen LogP contribution in [0, 0.1) is 5.92 Å². The second kappa shape index (κ2) is 5.05.